The lowest BCUT2D eigenvalue weighted by Crippen LogP contribution is -2.42. The number of carbonyl (C=O) groups is 2. The number of amides is 2. The maximum absolute atomic E-state index is 11.6. The molecule has 2 amide bonds. The maximum atomic E-state index is 11.6. The first-order valence-corrected chi connectivity index (χ1v) is 7.30. The number of carbonyl (C=O) groups excluding carboxylic acids is 2. The molecule has 0 radical (unpaired) electrons. The molecule has 0 saturated carbocycles. The lowest BCUT2D eigenvalue weighted by molar-refractivity contribution is -0.139. The molecule has 0 aliphatic rings. The van der Waals surface area contributed by atoms with Gasteiger partial charge in [-0.1, -0.05) is 29.3 Å². The van der Waals surface area contributed by atoms with Gasteiger partial charge in [0.2, 0.25) is 0 Å². The van der Waals surface area contributed by atoms with Gasteiger partial charge in [-0.25, -0.2) is 0 Å². The van der Waals surface area contributed by atoms with Crippen LogP contribution in [0.3, 0.4) is 0 Å². The van der Waals surface area contributed by atoms with Crippen molar-refractivity contribution in [3.8, 4) is 0 Å². The van der Waals surface area contributed by atoms with E-state index in [9.17, 15) is 9.59 Å². The van der Waals surface area contributed by atoms with Crippen molar-refractivity contribution in [1.29, 1.82) is 0 Å². The molecule has 0 heterocycles. The predicted octanol–water partition coefficient (Wildman–Crippen LogP) is 1.33. The van der Waals surface area contributed by atoms with Crippen molar-refractivity contribution < 1.29 is 9.59 Å². The van der Waals surface area contributed by atoms with Crippen LogP contribution in [0.5, 0.6) is 0 Å². The Bertz CT molecular complexity index is 507. The summed E-state index contributed by atoms with van der Waals surface area (Å²) in [5, 5.41) is 6.21. The van der Waals surface area contributed by atoms with Crippen LogP contribution >= 0.6 is 23.2 Å². The Kier molecular flexibility index (Phi) is 7.50. The average Bonchev–Trinajstić information content (AvgIpc) is 2.40. The van der Waals surface area contributed by atoms with Crippen LogP contribution in [0, 0.1) is 0 Å². The molecular formula is C14H19Cl2N3O2. The van der Waals surface area contributed by atoms with Gasteiger partial charge in [-0.15, -0.1) is 0 Å². The second kappa shape index (κ2) is 8.87. The first-order chi connectivity index (χ1) is 9.90. The number of nitrogens with one attached hydrogen (secondary N) is 2. The highest BCUT2D eigenvalue weighted by molar-refractivity contribution is 6.35. The molecule has 0 unspecified atom stereocenters. The van der Waals surface area contributed by atoms with E-state index in [0.717, 1.165) is 5.56 Å². The Hall–Kier alpha value is -1.30. The first kappa shape index (κ1) is 17.8. The van der Waals surface area contributed by atoms with Crippen LogP contribution in [0.1, 0.15) is 5.56 Å². The van der Waals surface area contributed by atoms with E-state index in [4.69, 9.17) is 23.2 Å². The summed E-state index contributed by atoms with van der Waals surface area (Å²) in [4.78, 5) is 25.0. The SMILES string of the molecule is CN(C)CCNC(=O)C(=O)NCCc1ccc(Cl)cc1Cl. The van der Waals surface area contributed by atoms with Gasteiger partial charge in [-0.05, 0) is 38.2 Å². The van der Waals surface area contributed by atoms with Gasteiger partial charge in [0.1, 0.15) is 0 Å². The average molecular weight is 332 g/mol. The van der Waals surface area contributed by atoms with Crippen LogP contribution in [0.4, 0.5) is 0 Å². The highest BCUT2D eigenvalue weighted by atomic mass is 35.5. The molecule has 0 bridgehead atoms. The molecule has 0 saturated heterocycles. The molecule has 1 aromatic rings. The van der Waals surface area contributed by atoms with E-state index in [0.29, 0.717) is 36.1 Å². The summed E-state index contributed by atoms with van der Waals surface area (Å²) in [5.41, 5.74) is 0.870. The molecule has 116 valence electrons. The fourth-order valence-electron chi connectivity index (χ4n) is 1.59. The maximum Gasteiger partial charge on any atom is 0.309 e. The topological polar surface area (TPSA) is 61.4 Å². The van der Waals surface area contributed by atoms with Crippen LogP contribution in [-0.2, 0) is 16.0 Å². The molecule has 0 aromatic heterocycles. The van der Waals surface area contributed by atoms with E-state index in [1.54, 1.807) is 18.2 Å². The van der Waals surface area contributed by atoms with Crippen LogP contribution < -0.4 is 10.6 Å². The Morgan fingerprint density at radius 3 is 2.29 bits per heavy atom. The molecule has 5 nitrogen and oxygen atoms in total. The van der Waals surface area contributed by atoms with E-state index in [1.165, 1.54) is 0 Å². The second-order valence-electron chi connectivity index (χ2n) is 4.80. The molecule has 1 aromatic carbocycles. The molecule has 0 spiro atoms. The number of rotatable bonds is 6. The van der Waals surface area contributed by atoms with Crippen molar-refractivity contribution >= 4 is 35.0 Å². The van der Waals surface area contributed by atoms with E-state index < -0.39 is 11.8 Å². The van der Waals surface area contributed by atoms with Gasteiger partial charge in [-0.3, -0.25) is 9.59 Å². The molecule has 21 heavy (non-hydrogen) atoms. The molecule has 7 heteroatoms. The number of nitrogens with zero attached hydrogens (tertiary/aromatic N) is 1. The Morgan fingerprint density at radius 2 is 1.71 bits per heavy atom. The minimum Gasteiger partial charge on any atom is -0.348 e. The van der Waals surface area contributed by atoms with Crippen molar-refractivity contribution in [2.75, 3.05) is 33.7 Å². The van der Waals surface area contributed by atoms with Crippen LogP contribution in [0.25, 0.3) is 0 Å². The van der Waals surface area contributed by atoms with Crippen LogP contribution in [-0.4, -0.2) is 50.4 Å². The molecule has 0 aliphatic heterocycles. The lowest BCUT2D eigenvalue weighted by Gasteiger charge is -2.10. The Balaban J connectivity index is 2.31. The minimum absolute atomic E-state index is 0.335. The Morgan fingerprint density at radius 1 is 1.10 bits per heavy atom. The highest BCUT2D eigenvalue weighted by Crippen LogP contribution is 2.20. The predicted molar refractivity (Wildman–Crippen MR) is 84.7 cm³/mol. The zero-order valence-electron chi connectivity index (χ0n) is 12.1. The summed E-state index contributed by atoms with van der Waals surface area (Å²) in [6, 6.07) is 5.18. The third kappa shape index (κ3) is 6.80. The van der Waals surface area contributed by atoms with Crippen molar-refractivity contribution in [3.63, 3.8) is 0 Å². The number of hydrogen-bond donors (Lipinski definition) is 2. The standard InChI is InChI=1S/C14H19Cl2N3O2/c1-19(2)8-7-18-14(21)13(20)17-6-5-10-3-4-11(15)9-12(10)16/h3-4,9H,5-8H2,1-2H3,(H,17,20)(H,18,21). The zero-order valence-corrected chi connectivity index (χ0v) is 13.6. The second-order valence-corrected chi connectivity index (χ2v) is 5.64. The first-order valence-electron chi connectivity index (χ1n) is 6.55. The fourth-order valence-corrected chi connectivity index (χ4v) is 2.09. The monoisotopic (exact) mass is 331 g/mol. The number of benzene rings is 1. The van der Waals surface area contributed by atoms with Crippen molar-refractivity contribution in [1.82, 2.24) is 15.5 Å². The summed E-state index contributed by atoms with van der Waals surface area (Å²) >= 11 is 11.8. The number of likely N-dealkylation sites (N-methyl/N-ethyl adjacent to an activating group) is 1. The van der Waals surface area contributed by atoms with Gasteiger partial charge in [0.15, 0.2) is 0 Å². The summed E-state index contributed by atoms with van der Waals surface area (Å²) < 4.78 is 0. The van der Waals surface area contributed by atoms with Crippen molar-refractivity contribution in [2.24, 2.45) is 0 Å². The summed E-state index contributed by atoms with van der Waals surface area (Å²) in [6.07, 6.45) is 0.534. The summed E-state index contributed by atoms with van der Waals surface area (Å²) in [6.45, 7) is 1.45. The van der Waals surface area contributed by atoms with E-state index >= 15 is 0 Å². The normalized spacial score (nSPS) is 10.5. The number of halogens is 2. The Labute approximate surface area is 134 Å². The molecule has 1 rings (SSSR count). The smallest absolute Gasteiger partial charge is 0.309 e. The van der Waals surface area contributed by atoms with Gasteiger partial charge in [0.05, 0.1) is 0 Å². The van der Waals surface area contributed by atoms with Gasteiger partial charge in [0, 0.05) is 29.7 Å². The fraction of sp³-hybridized carbons (Fsp3) is 0.429. The van der Waals surface area contributed by atoms with Gasteiger partial charge in [-0.2, -0.15) is 0 Å². The quantitative estimate of drug-likeness (QED) is 0.773. The van der Waals surface area contributed by atoms with Crippen LogP contribution in [0.2, 0.25) is 10.0 Å². The van der Waals surface area contributed by atoms with E-state index in [2.05, 4.69) is 10.6 Å². The molecular weight excluding hydrogens is 313 g/mol. The third-order valence-corrected chi connectivity index (χ3v) is 3.33. The van der Waals surface area contributed by atoms with Crippen LogP contribution in [0.15, 0.2) is 18.2 Å². The summed E-state index contributed by atoms with van der Waals surface area (Å²) in [5.74, 6) is -1.27. The molecule has 0 aliphatic carbocycles. The number of hydrogen-bond acceptors (Lipinski definition) is 3. The van der Waals surface area contributed by atoms with Gasteiger partial charge >= 0.3 is 11.8 Å². The summed E-state index contributed by atoms with van der Waals surface area (Å²) in [7, 11) is 3.78. The highest BCUT2D eigenvalue weighted by Gasteiger charge is 2.12. The third-order valence-electron chi connectivity index (χ3n) is 2.75. The largest absolute Gasteiger partial charge is 0.348 e. The van der Waals surface area contributed by atoms with Crippen molar-refractivity contribution in [2.45, 2.75) is 6.42 Å². The van der Waals surface area contributed by atoms with E-state index in [1.807, 2.05) is 19.0 Å². The molecule has 0 fully saturated rings. The van der Waals surface area contributed by atoms with Gasteiger partial charge in [0.25, 0.3) is 0 Å². The zero-order chi connectivity index (χ0) is 15.8. The molecule has 2 N–H and O–H groups in total. The van der Waals surface area contributed by atoms with E-state index in [-0.39, 0.29) is 0 Å². The lowest BCUT2D eigenvalue weighted by atomic mass is 10.1. The van der Waals surface area contributed by atoms with Gasteiger partial charge < -0.3 is 15.5 Å². The molecule has 0 atom stereocenters. The minimum atomic E-state index is -0.640. The van der Waals surface area contributed by atoms with Crippen molar-refractivity contribution in [3.05, 3.63) is 33.8 Å².